The van der Waals surface area contributed by atoms with E-state index < -0.39 is 28.8 Å². The number of nitrogen functional groups attached to an aromatic ring is 1. The van der Waals surface area contributed by atoms with Crippen molar-refractivity contribution in [3.8, 4) is 0 Å². The topological polar surface area (TPSA) is 68.4 Å². The monoisotopic (exact) mass is 289 g/mol. The highest BCUT2D eigenvalue weighted by atomic mass is 19.4. The van der Waals surface area contributed by atoms with Crippen molar-refractivity contribution in [3.63, 3.8) is 0 Å². The van der Waals surface area contributed by atoms with Crippen molar-refractivity contribution in [1.29, 1.82) is 0 Å². The van der Waals surface area contributed by atoms with Gasteiger partial charge in [0.05, 0.1) is 16.8 Å². The highest BCUT2D eigenvalue weighted by molar-refractivity contribution is 6.47. The van der Waals surface area contributed by atoms with Gasteiger partial charge in [-0.25, -0.2) is 4.98 Å². The highest BCUT2D eigenvalue weighted by Gasteiger charge is 2.37. The highest BCUT2D eigenvalue weighted by Crippen LogP contribution is 2.31. The zero-order valence-corrected chi connectivity index (χ0v) is 11.7. The van der Waals surface area contributed by atoms with Gasteiger partial charge in [0.15, 0.2) is 0 Å². The van der Waals surface area contributed by atoms with Crippen molar-refractivity contribution < 1.29 is 22.9 Å². The normalized spacial score (nSPS) is 13.4. The Kier molecular flexibility index (Phi) is 4.41. The van der Waals surface area contributed by atoms with Crippen molar-refractivity contribution >= 4 is 18.8 Å². The number of anilines is 1. The molecule has 8 heteroatoms. The molecule has 4 nitrogen and oxygen atoms in total. The molecule has 0 aliphatic carbocycles. The molecular weight excluding hydrogens is 272 g/mol. The number of aromatic nitrogens is 1. The lowest BCUT2D eigenvalue weighted by Gasteiger charge is -2.37. The van der Waals surface area contributed by atoms with Crippen LogP contribution in [0, 0.1) is 0 Å². The average molecular weight is 289 g/mol. The summed E-state index contributed by atoms with van der Waals surface area (Å²) in [5, 5.41) is 9.89. The number of pyridine rings is 1. The van der Waals surface area contributed by atoms with Gasteiger partial charge in [-0.3, -0.25) is 0 Å². The molecule has 0 bridgehead atoms. The quantitative estimate of drug-likeness (QED) is 0.824. The first-order valence-corrected chi connectivity index (χ1v) is 5.91. The number of nitrogens with two attached hydrogens (primary N) is 1. The summed E-state index contributed by atoms with van der Waals surface area (Å²) in [6.45, 7) is 6.34. The standard InChI is InChI=1S/C12H17BF3N2O2/c1-10(2,19)11(3,4)20-13-7-5-8(12(14,15)16)9(17)18-6-7/h5-6,19H,1-4H3,(H2,17,18). The van der Waals surface area contributed by atoms with E-state index in [0.29, 0.717) is 0 Å². The predicted molar refractivity (Wildman–Crippen MR) is 70.5 cm³/mol. The molecule has 0 spiro atoms. The van der Waals surface area contributed by atoms with Gasteiger partial charge < -0.3 is 15.5 Å². The molecule has 0 saturated carbocycles. The summed E-state index contributed by atoms with van der Waals surface area (Å²) >= 11 is 0. The molecule has 1 rings (SSSR count). The molecule has 1 heterocycles. The number of rotatable bonds is 4. The lowest BCUT2D eigenvalue weighted by molar-refractivity contribution is -0.137. The minimum atomic E-state index is -4.58. The van der Waals surface area contributed by atoms with E-state index in [1.165, 1.54) is 6.20 Å². The van der Waals surface area contributed by atoms with Gasteiger partial charge in [-0.05, 0) is 39.2 Å². The van der Waals surface area contributed by atoms with Crippen LogP contribution in [-0.4, -0.2) is 28.8 Å². The first-order valence-electron chi connectivity index (χ1n) is 5.91. The lowest BCUT2D eigenvalue weighted by atomic mass is 9.83. The van der Waals surface area contributed by atoms with Crippen molar-refractivity contribution in [2.24, 2.45) is 0 Å². The molecule has 1 aromatic heterocycles. The second-order valence-corrected chi connectivity index (χ2v) is 5.50. The summed E-state index contributed by atoms with van der Waals surface area (Å²) in [7, 11) is 1.12. The fourth-order valence-corrected chi connectivity index (χ4v) is 1.14. The molecular formula is C12H17BF3N2O2. The molecule has 1 aromatic rings. The molecule has 3 N–H and O–H groups in total. The Labute approximate surface area is 116 Å². The minimum Gasteiger partial charge on any atom is -0.427 e. The Morgan fingerprint density at radius 2 is 1.80 bits per heavy atom. The molecule has 0 unspecified atom stereocenters. The first kappa shape index (κ1) is 16.8. The maximum absolute atomic E-state index is 12.7. The van der Waals surface area contributed by atoms with Crippen molar-refractivity contribution in [2.45, 2.75) is 45.1 Å². The van der Waals surface area contributed by atoms with Crippen LogP contribution >= 0.6 is 0 Å². The smallest absolute Gasteiger partial charge is 0.419 e. The molecule has 111 valence electrons. The van der Waals surface area contributed by atoms with Crippen molar-refractivity contribution in [3.05, 3.63) is 17.8 Å². The molecule has 20 heavy (non-hydrogen) atoms. The van der Waals surface area contributed by atoms with Gasteiger partial charge in [0.2, 0.25) is 0 Å². The molecule has 0 atom stereocenters. The second-order valence-electron chi connectivity index (χ2n) is 5.50. The third-order valence-corrected chi connectivity index (χ3v) is 3.21. The van der Waals surface area contributed by atoms with Crippen LogP contribution < -0.4 is 11.2 Å². The molecule has 0 fully saturated rings. The largest absolute Gasteiger partial charge is 0.427 e. The number of aliphatic hydroxyl groups is 1. The average Bonchev–Trinajstić information content (AvgIpc) is 2.24. The Balaban J connectivity index is 2.91. The van der Waals surface area contributed by atoms with E-state index in [1.807, 2.05) is 0 Å². The second kappa shape index (κ2) is 5.25. The molecule has 0 saturated heterocycles. The Morgan fingerprint density at radius 3 is 2.25 bits per heavy atom. The third-order valence-electron chi connectivity index (χ3n) is 3.21. The SMILES string of the molecule is CC(C)(O)C(C)(C)O[B]c1cnc(N)c(C(F)(F)F)c1. The van der Waals surface area contributed by atoms with Gasteiger partial charge in [-0.1, -0.05) is 0 Å². The predicted octanol–water partition coefficient (Wildman–Crippen LogP) is 1.49. The molecule has 0 aromatic carbocycles. The van der Waals surface area contributed by atoms with Crippen molar-refractivity contribution in [1.82, 2.24) is 4.98 Å². The van der Waals surface area contributed by atoms with E-state index in [-0.39, 0.29) is 5.46 Å². The van der Waals surface area contributed by atoms with E-state index in [2.05, 4.69) is 4.98 Å². The summed E-state index contributed by atoms with van der Waals surface area (Å²) in [6, 6.07) is 0.850. The number of alkyl halides is 3. The van der Waals surface area contributed by atoms with Gasteiger partial charge >= 0.3 is 13.7 Å². The third kappa shape index (κ3) is 3.86. The van der Waals surface area contributed by atoms with Crippen LogP contribution in [0.25, 0.3) is 0 Å². The summed E-state index contributed by atoms with van der Waals surface area (Å²) in [6.07, 6.45) is -3.41. The van der Waals surface area contributed by atoms with Gasteiger partial charge in [0, 0.05) is 6.20 Å². The van der Waals surface area contributed by atoms with Crippen LogP contribution in [0.4, 0.5) is 19.0 Å². The van der Waals surface area contributed by atoms with Gasteiger partial charge in [0.1, 0.15) is 5.82 Å². The summed E-state index contributed by atoms with van der Waals surface area (Å²) in [5.41, 5.74) is 2.15. The van der Waals surface area contributed by atoms with E-state index in [1.54, 1.807) is 27.7 Å². The fourth-order valence-electron chi connectivity index (χ4n) is 1.14. The summed E-state index contributed by atoms with van der Waals surface area (Å²) < 4.78 is 43.4. The molecule has 0 aliphatic heterocycles. The van der Waals surface area contributed by atoms with E-state index in [9.17, 15) is 18.3 Å². The fraction of sp³-hybridized carbons (Fsp3) is 0.583. The number of hydrogen-bond acceptors (Lipinski definition) is 4. The van der Waals surface area contributed by atoms with Gasteiger partial charge in [-0.15, -0.1) is 0 Å². The maximum Gasteiger partial charge on any atom is 0.419 e. The molecule has 1 radical (unpaired) electrons. The molecule has 0 aliphatic rings. The van der Waals surface area contributed by atoms with E-state index >= 15 is 0 Å². The Morgan fingerprint density at radius 1 is 1.25 bits per heavy atom. The van der Waals surface area contributed by atoms with Crippen LogP contribution in [0.5, 0.6) is 0 Å². The van der Waals surface area contributed by atoms with Crippen LogP contribution in [0.2, 0.25) is 0 Å². The van der Waals surface area contributed by atoms with Gasteiger partial charge in [-0.2, -0.15) is 13.2 Å². The number of hydrogen-bond donors (Lipinski definition) is 2. The molecule has 0 amide bonds. The summed E-state index contributed by atoms with van der Waals surface area (Å²) in [5.74, 6) is -0.587. The minimum absolute atomic E-state index is 0.115. The van der Waals surface area contributed by atoms with E-state index in [4.69, 9.17) is 10.4 Å². The van der Waals surface area contributed by atoms with Crippen LogP contribution in [0.15, 0.2) is 12.3 Å². The van der Waals surface area contributed by atoms with E-state index in [0.717, 1.165) is 13.5 Å². The van der Waals surface area contributed by atoms with Crippen LogP contribution in [0.1, 0.15) is 33.3 Å². The van der Waals surface area contributed by atoms with Crippen LogP contribution in [-0.2, 0) is 10.8 Å². The summed E-state index contributed by atoms with van der Waals surface area (Å²) in [4.78, 5) is 3.49. The zero-order chi connectivity index (χ0) is 15.8. The van der Waals surface area contributed by atoms with Crippen LogP contribution in [0.3, 0.4) is 0 Å². The lowest BCUT2D eigenvalue weighted by Crippen LogP contribution is -2.49. The zero-order valence-electron chi connectivity index (χ0n) is 11.7. The maximum atomic E-state index is 12.7. The first-order chi connectivity index (χ1) is 8.84. The van der Waals surface area contributed by atoms with Crippen molar-refractivity contribution in [2.75, 3.05) is 5.73 Å². The van der Waals surface area contributed by atoms with Gasteiger partial charge in [0.25, 0.3) is 0 Å². The Bertz CT molecular complexity index is 485. The Hall–Kier alpha value is -1.28. The number of nitrogens with zero attached hydrogens (tertiary/aromatic N) is 1. The number of halogens is 3.